The lowest BCUT2D eigenvalue weighted by Gasteiger charge is -2.18. The highest BCUT2D eigenvalue weighted by Crippen LogP contribution is 2.23. The van der Waals surface area contributed by atoms with Gasteiger partial charge in [-0.1, -0.05) is 6.07 Å². The minimum atomic E-state index is -0.382. The predicted octanol–water partition coefficient (Wildman–Crippen LogP) is 1.63. The van der Waals surface area contributed by atoms with Crippen molar-refractivity contribution in [3.8, 4) is 0 Å². The Kier molecular flexibility index (Phi) is 5.06. The van der Waals surface area contributed by atoms with Crippen LogP contribution in [0.1, 0.15) is 13.3 Å². The zero-order valence-corrected chi connectivity index (χ0v) is 14.2. The zero-order chi connectivity index (χ0) is 17.8. The van der Waals surface area contributed by atoms with Gasteiger partial charge in [-0.2, -0.15) is 0 Å². The number of ether oxygens (including phenoxy) is 1. The zero-order valence-electron chi connectivity index (χ0n) is 14.2. The topological polar surface area (TPSA) is 91.0 Å². The van der Waals surface area contributed by atoms with E-state index < -0.39 is 0 Å². The molecule has 0 aliphatic carbocycles. The lowest BCUT2D eigenvalue weighted by molar-refractivity contribution is -0.124. The van der Waals surface area contributed by atoms with Crippen LogP contribution in [0.15, 0.2) is 24.3 Å². The van der Waals surface area contributed by atoms with E-state index in [9.17, 15) is 14.4 Å². The van der Waals surface area contributed by atoms with E-state index in [1.165, 1.54) is 4.90 Å². The quantitative estimate of drug-likeness (QED) is 0.867. The summed E-state index contributed by atoms with van der Waals surface area (Å²) in [5.41, 5.74) is 1.28. The fraction of sp³-hybridized carbons (Fsp3) is 0.471. The minimum absolute atomic E-state index is 0.00709. The van der Waals surface area contributed by atoms with E-state index in [0.29, 0.717) is 50.6 Å². The molecule has 2 aliphatic heterocycles. The molecule has 0 spiro atoms. The lowest BCUT2D eigenvalue weighted by Crippen LogP contribution is -2.36. The van der Waals surface area contributed by atoms with E-state index in [0.717, 1.165) is 0 Å². The van der Waals surface area contributed by atoms with Crippen LogP contribution in [-0.4, -0.2) is 55.7 Å². The second kappa shape index (κ2) is 7.42. The molecule has 2 saturated heterocycles. The molecule has 2 fully saturated rings. The monoisotopic (exact) mass is 346 g/mol. The minimum Gasteiger partial charge on any atom is -0.447 e. The molecule has 2 aliphatic rings. The third kappa shape index (κ3) is 3.84. The van der Waals surface area contributed by atoms with Crippen molar-refractivity contribution in [2.75, 3.05) is 43.0 Å². The molecule has 0 aromatic heterocycles. The summed E-state index contributed by atoms with van der Waals surface area (Å²) in [7, 11) is 0. The molecule has 0 unspecified atom stereocenters. The van der Waals surface area contributed by atoms with Gasteiger partial charge in [-0.05, 0) is 31.5 Å². The van der Waals surface area contributed by atoms with Gasteiger partial charge in [0.2, 0.25) is 5.91 Å². The first-order chi connectivity index (χ1) is 12.1. The van der Waals surface area contributed by atoms with Crippen LogP contribution in [0, 0.1) is 5.92 Å². The second-order valence-electron chi connectivity index (χ2n) is 6.07. The maximum absolute atomic E-state index is 12.4. The van der Waals surface area contributed by atoms with Crippen molar-refractivity contribution in [3.63, 3.8) is 0 Å². The molecule has 1 aromatic carbocycles. The van der Waals surface area contributed by atoms with Gasteiger partial charge in [0.15, 0.2) is 0 Å². The van der Waals surface area contributed by atoms with E-state index in [1.54, 1.807) is 29.2 Å². The number of hydrogen-bond acceptors (Lipinski definition) is 4. The standard InChI is InChI=1S/C17H22N4O4/c1-2-18-15(22)12-6-7-20(11-12)16(23)19-13-4-3-5-14(10-13)21-8-9-25-17(21)24/h3-5,10,12H,2,6-9,11H2,1H3,(H,18,22)(H,19,23)/t12-/m0/s1. The number of carbonyl (C=O) groups excluding carboxylic acids is 3. The molecule has 1 aromatic rings. The third-order valence-corrected chi connectivity index (χ3v) is 4.37. The highest BCUT2D eigenvalue weighted by molar-refractivity contribution is 5.93. The molecule has 2 N–H and O–H groups in total. The van der Waals surface area contributed by atoms with Crippen molar-refractivity contribution in [2.24, 2.45) is 5.92 Å². The molecule has 0 bridgehead atoms. The fourth-order valence-corrected chi connectivity index (χ4v) is 3.06. The Labute approximate surface area is 146 Å². The molecule has 3 rings (SSSR count). The lowest BCUT2D eigenvalue weighted by atomic mass is 10.1. The number of nitrogens with one attached hydrogen (secondary N) is 2. The number of urea groups is 1. The molecule has 0 saturated carbocycles. The van der Waals surface area contributed by atoms with Gasteiger partial charge in [-0.25, -0.2) is 9.59 Å². The van der Waals surface area contributed by atoms with E-state index in [2.05, 4.69) is 10.6 Å². The number of rotatable bonds is 4. The number of anilines is 2. The average molecular weight is 346 g/mol. The Bertz CT molecular complexity index is 678. The fourth-order valence-electron chi connectivity index (χ4n) is 3.06. The normalized spacial score (nSPS) is 19.7. The molecule has 25 heavy (non-hydrogen) atoms. The maximum atomic E-state index is 12.4. The predicted molar refractivity (Wildman–Crippen MR) is 92.5 cm³/mol. The average Bonchev–Trinajstić information content (AvgIpc) is 3.24. The highest BCUT2D eigenvalue weighted by atomic mass is 16.6. The summed E-state index contributed by atoms with van der Waals surface area (Å²) in [6, 6.07) is 6.83. The number of nitrogens with zero attached hydrogens (tertiary/aromatic N) is 2. The number of benzene rings is 1. The number of carbonyl (C=O) groups is 3. The van der Waals surface area contributed by atoms with Gasteiger partial charge in [-0.15, -0.1) is 0 Å². The SMILES string of the molecule is CCNC(=O)[C@H]1CCN(C(=O)Nc2cccc(N3CCOC3=O)c2)C1. The van der Waals surface area contributed by atoms with Gasteiger partial charge in [-0.3, -0.25) is 9.69 Å². The number of amides is 4. The molecule has 4 amide bonds. The summed E-state index contributed by atoms with van der Waals surface area (Å²) < 4.78 is 4.93. The van der Waals surface area contributed by atoms with Crippen LogP contribution < -0.4 is 15.5 Å². The van der Waals surface area contributed by atoms with Crippen molar-refractivity contribution in [3.05, 3.63) is 24.3 Å². The van der Waals surface area contributed by atoms with Crippen LogP contribution in [0.25, 0.3) is 0 Å². The van der Waals surface area contributed by atoms with E-state index in [-0.39, 0.29) is 23.9 Å². The summed E-state index contributed by atoms with van der Waals surface area (Å²) in [6.45, 7) is 4.29. The molecule has 1 atom stereocenters. The summed E-state index contributed by atoms with van der Waals surface area (Å²) in [4.78, 5) is 39.1. The van der Waals surface area contributed by atoms with E-state index >= 15 is 0 Å². The number of likely N-dealkylation sites (tertiary alicyclic amines) is 1. The van der Waals surface area contributed by atoms with Gasteiger partial charge >= 0.3 is 12.1 Å². The Hall–Kier alpha value is -2.77. The van der Waals surface area contributed by atoms with Gasteiger partial charge in [0.25, 0.3) is 0 Å². The first kappa shape index (κ1) is 17.1. The molecule has 8 nitrogen and oxygen atoms in total. The van der Waals surface area contributed by atoms with Crippen LogP contribution in [0.4, 0.5) is 21.0 Å². The summed E-state index contributed by atoms with van der Waals surface area (Å²) in [5.74, 6) is -0.163. The van der Waals surface area contributed by atoms with Crippen LogP contribution in [0.5, 0.6) is 0 Å². The van der Waals surface area contributed by atoms with Crippen LogP contribution in [0.2, 0.25) is 0 Å². The summed E-state index contributed by atoms with van der Waals surface area (Å²) in [6.07, 6.45) is 0.284. The van der Waals surface area contributed by atoms with Crippen LogP contribution in [-0.2, 0) is 9.53 Å². The van der Waals surface area contributed by atoms with Gasteiger partial charge in [0, 0.05) is 31.0 Å². The van der Waals surface area contributed by atoms with Crippen molar-refractivity contribution < 1.29 is 19.1 Å². The molecule has 134 valence electrons. The molecular weight excluding hydrogens is 324 g/mol. The van der Waals surface area contributed by atoms with Crippen LogP contribution >= 0.6 is 0 Å². The van der Waals surface area contributed by atoms with E-state index in [1.807, 2.05) is 6.92 Å². The first-order valence-electron chi connectivity index (χ1n) is 8.46. The molecular formula is C17H22N4O4. The van der Waals surface area contributed by atoms with E-state index in [4.69, 9.17) is 4.74 Å². The maximum Gasteiger partial charge on any atom is 0.414 e. The Balaban J connectivity index is 1.60. The largest absolute Gasteiger partial charge is 0.447 e. The molecule has 2 heterocycles. The smallest absolute Gasteiger partial charge is 0.414 e. The molecule has 8 heteroatoms. The highest BCUT2D eigenvalue weighted by Gasteiger charge is 2.31. The summed E-state index contributed by atoms with van der Waals surface area (Å²) in [5, 5.41) is 5.62. The Morgan fingerprint density at radius 2 is 2.16 bits per heavy atom. The summed E-state index contributed by atoms with van der Waals surface area (Å²) >= 11 is 0. The second-order valence-corrected chi connectivity index (χ2v) is 6.07. The van der Waals surface area contributed by atoms with Gasteiger partial charge in [0.05, 0.1) is 12.5 Å². The Morgan fingerprint density at radius 3 is 2.88 bits per heavy atom. The van der Waals surface area contributed by atoms with Gasteiger partial charge < -0.3 is 20.3 Å². The number of cyclic esters (lactones) is 1. The van der Waals surface area contributed by atoms with Crippen LogP contribution in [0.3, 0.4) is 0 Å². The van der Waals surface area contributed by atoms with Crippen molar-refractivity contribution in [1.82, 2.24) is 10.2 Å². The van der Waals surface area contributed by atoms with Gasteiger partial charge in [0.1, 0.15) is 6.61 Å². The molecule has 0 radical (unpaired) electrons. The third-order valence-electron chi connectivity index (χ3n) is 4.37. The van der Waals surface area contributed by atoms with Crippen molar-refractivity contribution in [2.45, 2.75) is 13.3 Å². The van der Waals surface area contributed by atoms with Crippen molar-refractivity contribution in [1.29, 1.82) is 0 Å². The Morgan fingerprint density at radius 1 is 1.32 bits per heavy atom. The first-order valence-corrected chi connectivity index (χ1v) is 8.46. The number of hydrogen-bond donors (Lipinski definition) is 2. The van der Waals surface area contributed by atoms with Crippen molar-refractivity contribution >= 4 is 29.4 Å².